The predicted octanol–water partition coefficient (Wildman–Crippen LogP) is -0.504. The Hall–Kier alpha value is -1.47. The zero-order chi connectivity index (χ0) is 13.7. The molecule has 0 bridgehead atoms. The van der Waals surface area contributed by atoms with Gasteiger partial charge in [0, 0.05) is 39.8 Å². The van der Waals surface area contributed by atoms with Crippen LogP contribution in [0.5, 0.6) is 0 Å². The number of ether oxygens (including phenoxy) is 1. The summed E-state index contributed by atoms with van der Waals surface area (Å²) in [6.07, 6.45) is 2.06. The van der Waals surface area contributed by atoms with Crippen LogP contribution in [0.2, 0.25) is 0 Å². The number of carbonyl (C=O) groups excluding carboxylic acids is 1. The highest BCUT2D eigenvalue weighted by Crippen LogP contribution is 2.06. The van der Waals surface area contributed by atoms with E-state index in [9.17, 15) is 4.79 Å². The fourth-order valence-electron chi connectivity index (χ4n) is 2.19. The quantitative estimate of drug-likeness (QED) is 0.670. The number of methoxy groups -OCH3 is 1. The van der Waals surface area contributed by atoms with E-state index in [1.165, 1.54) is 7.11 Å². The average molecular weight is 267 g/mol. The van der Waals surface area contributed by atoms with E-state index in [1.807, 2.05) is 11.7 Å². The zero-order valence-corrected chi connectivity index (χ0v) is 11.6. The topological polar surface area (TPSA) is 63.5 Å². The molecule has 0 radical (unpaired) electrons. The molecule has 2 heterocycles. The third kappa shape index (κ3) is 4.00. The maximum Gasteiger partial charge on any atom is 0.306 e. The molecule has 1 aromatic heterocycles. The van der Waals surface area contributed by atoms with Crippen LogP contribution in [-0.2, 0) is 23.1 Å². The van der Waals surface area contributed by atoms with E-state index in [-0.39, 0.29) is 5.97 Å². The molecule has 0 unspecified atom stereocenters. The molecule has 1 aliphatic heterocycles. The first-order chi connectivity index (χ1) is 9.19. The number of aromatic nitrogens is 3. The second-order valence-electron chi connectivity index (χ2n) is 4.74. The van der Waals surface area contributed by atoms with Gasteiger partial charge >= 0.3 is 5.97 Å². The lowest BCUT2D eigenvalue weighted by Crippen LogP contribution is -2.46. The third-order valence-corrected chi connectivity index (χ3v) is 3.49. The second-order valence-corrected chi connectivity index (χ2v) is 4.74. The molecule has 0 spiro atoms. The summed E-state index contributed by atoms with van der Waals surface area (Å²) < 4.78 is 6.46. The molecule has 0 N–H and O–H groups in total. The van der Waals surface area contributed by atoms with E-state index < -0.39 is 0 Å². The van der Waals surface area contributed by atoms with Crippen LogP contribution in [0.15, 0.2) is 6.33 Å². The lowest BCUT2D eigenvalue weighted by atomic mass is 10.3. The van der Waals surface area contributed by atoms with Crippen molar-refractivity contribution in [3.8, 4) is 0 Å². The first-order valence-electron chi connectivity index (χ1n) is 6.53. The predicted molar refractivity (Wildman–Crippen MR) is 69.4 cm³/mol. The van der Waals surface area contributed by atoms with E-state index in [2.05, 4.69) is 24.6 Å². The van der Waals surface area contributed by atoms with Gasteiger partial charge in [-0.3, -0.25) is 14.4 Å². The van der Waals surface area contributed by atoms with Crippen LogP contribution in [0, 0.1) is 0 Å². The number of esters is 1. The van der Waals surface area contributed by atoms with Crippen LogP contribution in [0.3, 0.4) is 0 Å². The highest BCUT2D eigenvalue weighted by Gasteiger charge is 2.18. The van der Waals surface area contributed by atoms with Crippen LogP contribution < -0.4 is 0 Å². The number of aryl methyl sites for hydroxylation is 1. The Morgan fingerprint density at radius 3 is 2.58 bits per heavy atom. The minimum absolute atomic E-state index is 0.137. The fraction of sp³-hybridized carbons (Fsp3) is 0.750. The average Bonchev–Trinajstić information content (AvgIpc) is 2.83. The van der Waals surface area contributed by atoms with E-state index in [1.54, 1.807) is 6.33 Å². The Morgan fingerprint density at radius 1 is 1.32 bits per heavy atom. The Labute approximate surface area is 113 Å². The van der Waals surface area contributed by atoms with Gasteiger partial charge in [-0.15, -0.1) is 0 Å². The van der Waals surface area contributed by atoms with E-state index >= 15 is 0 Å². The zero-order valence-electron chi connectivity index (χ0n) is 11.6. The van der Waals surface area contributed by atoms with E-state index in [4.69, 9.17) is 0 Å². The van der Waals surface area contributed by atoms with Crippen molar-refractivity contribution in [2.45, 2.75) is 13.0 Å². The van der Waals surface area contributed by atoms with Crippen molar-refractivity contribution in [2.75, 3.05) is 39.8 Å². The van der Waals surface area contributed by atoms with E-state index in [0.29, 0.717) is 6.42 Å². The summed E-state index contributed by atoms with van der Waals surface area (Å²) in [7, 11) is 3.34. The first kappa shape index (κ1) is 14.0. The lowest BCUT2D eigenvalue weighted by molar-refractivity contribution is -0.141. The van der Waals surface area contributed by atoms with Gasteiger partial charge < -0.3 is 9.64 Å². The Morgan fingerprint density at radius 2 is 2.00 bits per heavy atom. The molecule has 19 heavy (non-hydrogen) atoms. The monoisotopic (exact) mass is 267 g/mol. The molecular formula is C12H21N5O2. The molecule has 1 aromatic rings. The van der Waals surface area contributed by atoms with Crippen LogP contribution >= 0.6 is 0 Å². The van der Waals surface area contributed by atoms with Gasteiger partial charge in [0.25, 0.3) is 0 Å². The van der Waals surface area contributed by atoms with Gasteiger partial charge in [0.05, 0.1) is 20.1 Å². The summed E-state index contributed by atoms with van der Waals surface area (Å²) >= 11 is 0. The highest BCUT2D eigenvalue weighted by molar-refractivity contribution is 5.69. The first-order valence-corrected chi connectivity index (χ1v) is 6.53. The standard InChI is InChI=1S/C12H21N5O2/c1-15-11(13-10-14-15)9-17-7-5-16(6-8-17)4-3-12(18)19-2/h10H,3-9H2,1-2H3. The Bertz CT molecular complexity index is 412. The molecule has 7 nitrogen and oxygen atoms in total. The smallest absolute Gasteiger partial charge is 0.306 e. The Balaban J connectivity index is 1.70. The SMILES string of the molecule is COC(=O)CCN1CCN(Cc2ncnn2C)CC1. The molecule has 1 fully saturated rings. The molecular weight excluding hydrogens is 246 g/mol. The Kier molecular flexibility index (Phi) is 4.86. The molecule has 0 amide bonds. The number of rotatable bonds is 5. The fourth-order valence-corrected chi connectivity index (χ4v) is 2.19. The van der Waals surface area contributed by atoms with Crippen LogP contribution in [-0.4, -0.2) is 70.4 Å². The summed E-state index contributed by atoms with van der Waals surface area (Å²) in [4.78, 5) is 20.0. The third-order valence-electron chi connectivity index (χ3n) is 3.49. The number of nitrogens with zero attached hydrogens (tertiary/aromatic N) is 5. The van der Waals surface area contributed by atoms with Crippen molar-refractivity contribution in [1.29, 1.82) is 0 Å². The molecule has 0 aromatic carbocycles. The van der Waals surface area contributed by atoms with Crippen molar-refractivity contribution < 1.29 is 9.53 Å². The van der Waals surface area contributed by atoms with Crippen LogP contribution in [0.4, 0.5) is 0 Å². The van der Waals surface area contributed by atoms with Crippen molar-refractivity contribution >= 4 is 5.97 Å². The molecule has 0 saturated carbocycles. The van der Waals surface area contributed by atoms with Crippen molar-refractivity contribution in [1.82, 2.24) is 24.6 Å². The second kappa shape index (κ2) is 6.63. The van der Waals surface area contributed by atoms with Crippen molar-refractivity contribution in [3.05, 3.63) is 12.2 Å². The van der Waals surface area contributed by atoms with Gasteiger partial charge in [0.2, 0.25) is 0 Å². The maximum atomic E-state index is 11.1. The number of hydrogen-bond acceptors (Lipinski definition) is 6. The summed E-state index contributed by atoms with van der Waals surface area (Å²) in [6.45, 7) is 5.57. The largest absolute Gasteiger partial charge is 0.469 e. The minimum Gasteiger partial charge on any atom is -0.469 e. The molecule has 1 saturated heterocycles. The highest BCUT2D eigenvalue weighted by atomic mass is 16.5. The van der Waals surface area contributed by atoms with Gasteiger partial charge in [-0.1, -0.05) is 0 Å². The van der Waals surface area contributed by atoms with Crippen LogP contribution in [0.25, 0.3) is 0 Å². The number of piperazine rings is 1. The molecule has 106 valence electrons. The molecule has 1 aliphatic rings. The summed E-state index contributed by atoms with van der Waals surface area (Å²) in [6, 6.07) is 0. The van der Waals surface area contributed by atoms with Gasteiger partial charge in [-0.25, -0.2) is 4.98 Å². The molecule has 0 atom stereocenters. The van der Waals surface area contributed by atoms with Crippen molar-refractivity contribution in [3.63, 3.8) is 0 Å². The number of hydrogen-bond donors (Lipinski definition) is 0. The molecule has 0 aliphatic carbocycles. The summed E-state index contributed by atoms with van der Waals surface area (Å²) in [5.74, 6) is 0.851. The van der Waals surface area contributed by atoms with Crippen molar-refractivity contribution in [2.24, 2.45) is 7.05 Å². The normalized spacial score (nSPS) is 17.6. The van der Waals surface area contributed by atoms with Gasteiger partial charge in [-0.05, 0) is 0 Å². The lowest BCUT2D eigenvalue weighted by Gasteiger charge is -2.34. The summed E-state index contributed by atoms with van der Waals surface area (Å²) in [5, 5.41) is 4.07. The minimum atomic E-state index is -0.137. The van der Waals surface area contributed by atoms with Gasteiger partial charge in [0.15, 0.2) is 0 Å². The van der Waals surface area contributed by atoms with Gasteiger partial charge in [0.1, 0.15) is 12.2 Å². The molecule has 7 heteroatoms. The maximum absolute atomic E-state index is 11.1. The van der Waals surface area contributed by atoms with Gasteiger partial charge in [-0.2, -0.15) is 5.10 Å². The van der Waals surface area contributed by atoms with Crippen LogP contribution in [0.1, 0.15) is 12.2 Å². The summed E-state index contributed by atoms with van der Waals surface area (Å²) in [5.41, 5.74) is 0. The molecule has 2 rings (SSSR count). The number of carbonyl (C=O) groups is 1. The van der Waals surface area contributed by atoms with E-state index in [0.717, 1.165) is 45.1 Å².